The van der Waals surface area contributed by atoms with Crippen LogP contribution in [0.4, 0.5) is 0 Å². The van der Waals surface area contributed by atoms with Crippen LogP contribution in [0.5, 0.6) is 0 Å². The maximum Gasteiger partial charge on any atom is 0.154 e. The number of rotatable bonds is 11. The number of aliphatic hydroxyl groups excluding tert-OH is 2. The zero-order valence-electron chi connectivity index (χ0n) is 17.1. The van der Waals surface area contributed by atoms with Gasteiger partial charge in [-0.05, 0) is 82.0 Å². The molecule has 0 amide bonds. The van der Waals surface area contributed by atoms with Crippen LogP contribution in [0.15, 0.2) is 0 Å². The van der Waals surface area contributed by atoms with Gasteiger partial charge in [0.2, 0.25) is 0 Å². The summed E-state index contributed by atoms with van der Waals surface area (Å²) in [6, 6.07) is 0. The molecular weight excluding hydrogens is 328 g/mol. The molecule has 2 N–H and O–H groups in total. The largest absolute Gasteiger partial charge is 0.396 e. The van der Waals surface area contributed by atoms with Crippen LogP contribution < -0.4 is 0 Å². The second kappa shape index (κ2) is 12.3. The molecule has 0 heterocycles. The lowest BCUT2D eigenvalue weighted by molar-refractivity contribution is -0.150. The summed E-state index contributed by atoms with van der Waals surface area (Å²) in [7, 11) is 0. The zero-order chi connectivity index (χ0) is 18.8. The first-order valence-electron chi connectivity index (χ1n) is 11.1. The third-order valence-electron chi connectivity index (χ3n) is 6.55. The predicted octanol–water partition coefficient (Wildman–Crippen LogP) is 4.52. The molecule has 4 heteroatoms. The summed E-state index contributed by atoms with van der Waals surface area (Å²) in [5.41, 5.74) is 0. The Morgan fingerprint density at radius 1 is 0.808 bits per heavy atom. The van der Waals surface area contributed by atoms with Crippen LogP contribution in [0.1, 0.15) is 84.5 Å². The van der Waals surface area contributed by atoms with Crippen LogP contribution in [0.3, 0.4) is 0 Å². The minimum absolute atomic E-state index is 0.0985. The van der Waals surface area contributed by atoms with E-state index in [1.54, 1.807) is 0 Å². The van der Waals surface area contributed by atoms with Gasteiger partial charge in [0.25, 0.3) is 0 Å². The number of hydrogen-bond donors (Lipinski definition) is 2. The highest BCUT2D eigenvalue weighted by Gasteiger charge is 2.24. The van der Waals surface area contributed by atoms with Gasteiger partial charge >= 0.3 is 0 Å². The van der Waals surface area contributed by atoms with Crippen molar-refractivity contribution in [3.8, 4) is 0 Å². The third-order valence-corrected chi connectivity index (χ3v) is 6.55. The van der Waals surface area contributed by atoms with Crippen molar-refractivity contribution in [1.29, 1.82) is 0 Å². The Balaban J connectivity index is 1.51. The van der Waals surface area contributed by atoms with Gasteiger partial charge in [-0.15, -0.1) is 0 Å². The normalized spacial score (nSPS) is 32.3. The first-order valence-corrected chi connectivity index (χ1v) is 11.1. The molecule has 2 aliphatic rings. The van der Waals surface area contributed by atoms with E-state index in [0.717, 1.165) is 45.3 Å². The molecule has 154 valence electrons. The van der Waals surface area contributed by atoms with E-state index in [0.29, 0.717) is 30.3 Å². The predicted molar refractivity (Wildman–Crippen MR) is 105 cm³/mol. The molecule has 2 aliphatic carbocycles. The molecule has 2 saturated carbocycles. The maximum atomic E-state index is 9.98. The lowest BCUT2D eigenvalue weighted by atomic mass is 9.79. The van der Waals surface area contributed by atoms with Crippen molar-refractivity contribution in [2.75, 3.05) is 19.8 Å². The maximum absolute atomic E-state index is 9.98. The Kier molecular flexibility index (Phi) is 10.5. The highest BCUT2D eigenvalue weighted by atomic mass is 16.7. The molecule has 0 aromatic carbocycles. The van der Waals surface area contributed by atoms with Gasteiger partial charge < -0.3 is 19.7 Å². The molecule has 26 heavy (non-hydrogen) atoms. The average molecular weight is 371 g/mol. The highest BCUT2D eigenvalue weighted by molar-refractivity contribution is 4.75. The second-order valence-electron chi connectivity index (χ2n) is 8.87. The molecule has 0 spiro atoms. The Morgan fingerprint density at radius 2 is 1.27 bits per heavy atom. The smallest absolute Gasteiger partial charge is 0.154 e. The molecule has 2 rings (SSSR count). The molecule has 4 nitrogen and oxygen atoms in total. The van der Waals surface area contributed by atoms with Crippen molar-refractivity contribution in [2.45, 2.75) is 96.9 Å². The van der Waals surface area contributed by atoms with Gasteiger partial charge in [0.05, 0.1) is 19.3 Å². The van der Waals surface area contributed by atoms with Gasteiger partial charge in [-0.3, -0.25) is 0 Å². The standard InChI is InChI=1S/C22H42O4/c1-3-4-22(24)13-18-5-9-20(10-6-18)15-25-17(2)26-16-21-11-7-19(14-23)8-12-21/h17-24H,3-16H2,1-2H3. The van der Waals surface area contributed by atoms with E-state index in [4.69, 9.17) is 9.47 Å². The summed E-state index contributed by atoms with van der Waals surface area (Å²) in [6.07, 6.45) is 12.3. The van der Waals surface area contributed by atoms with Gasteiger partial charge in [-0.1, -0.05) is 26.2 Å². The van der Waals surface area contributed by atoms with Crippen LogP contribution in [0, 0.1) is 23.7 Å². The van der Waals surface area contributed by atoms with Crippen LogP contribution >= 0.6 is 0 Å². The minimum Gasteiger partial charge on any atom is -0.396 e. The van der Waals surface area contributed by atoms with E-state index >= 15 is 0 Å². The summed E-state index contributed by atoms with van der Waals surface area (Å²) in [6.45, 7) is 6.10. The van der Waals surface area contributed by atoms with Crippen LogP contribution in [0.2, 0.25) is 0 Å². The average Bonchev–Trinajstić information content (AvgIpc) is 2.66. The molecule has 2 unspecified atom stereocenters. The lowest BCUT2D eigenvalue weighted by Crippen LogP contribution is -2.26. The number of aliphatic hydroxyl groups is 2. The summed E-state index contributed by atoms with van der Waals surface area (Å²) in [5, 5.41) is 19.2. The van der Waals surface area contributed by atoms with Gasteiger partial charge in [0.1, 0.15) is 0 Å². The topological polar surface area (TPSA) is 58.9 Å². The number of ether oxygens (including phenoxy) is 2. The van der Waals surface area contributed by atoms with E-state index in [9.17, 15) is 10.2 Å². The second-order valence-corrected chi connectivity index (χ2v) is 8.87. The Bertz CT molecular complexity index is 346. The fraction of sp³-hybridized carbons (Fsp3) is 1.00. The fourth-order valence-electron chi connectivity index (χ4n) is 4.64. The van der Waals surface area contributed by atoms with Gasteiger partial charge in [-0.2, -0.15) is 0 Å². The van der Waals surface area contributed by atoms with Crippen LogP contribution in [-0.4, -0.2) is 42.4 Å². The molecule has 0 bridgehead atoms. The highest BCUT2D eigenvalue weighted by Crippen LogP contribution is 2.33. The monoisotopic (exact) mass is 370 g/mol. The van der Waals surface area contributed by atoms with Crippen molar-refractivity contribution in [1.82, 2.24) is 0 Å². The molecule has 0 radical (unpaired) electrons. The van der Waals surface area contributed by atoms with Crippen molar-refractivity contribution in [3.63, 3.8) is 0 Å². The molecule has 0 saturated heterocycles. The van der Waals surface area contributed by atoms with E-state index in [1.807, 2.05) is 6.92 Å². The van der Waals surface area contributed by atoms with Gasteiger partial charge in [0.15, 0.2) is 6.29 Å². The van der Waals surface area contributed by atoms with Gasteiger partial charge in [0, 0.05) is 6.61 Å². The molecular formula is C22H42O4. The Morgan fingerprint density at radius 3 is 1.73 bits per heavy atom. The fourth-order valence-corrected chi connectivity index (χ4v) is 4.64. The lowest BCUT2D eigenvalue weighted by Gasteiger charge is -2.31. The van der Waals surface area contributed by atoms with E-state index < -0.39 is 0 Å². The molecule has 2 fully saturated rings. The Labute approximate surface area is 160 Å². The molecule has 2 atom stereocenters. The third kappa shape index (κ3) is 8.24. The minimum atomic E-state index is -0.116. The first-order chi connectivity index (χ1) is 12.6. The van der Waals surface area contributed by atoms with E-state index in [1.165, 1.54) is 38.5 Å². The van der Waals surface area contributed by atoms with Crippen molar-refractivity contribution >= 4 is 0 Å². The number of hydrogen-bond acceptors (Lipinski definition) is 4. The van der Waals surface area contributed by atoms with Crippen LogP contribution in [-0.2, 0) is 9.47 Å². The van der Waals surface area contributed by atoms with Gasteiger partial charge in [-0.25, -0.2) is 0 Å². The zero-order valence-corrected chi connectivity index (χ0v) is 17.1. The SMILES string of the molecule is CCCC(O)CC1CCC(COC(C)OCC2CCC(CO)CC2)CC1. The first kappa shape index (κ1) is 22.1. The molecule has 0 aliphatic heterocycles. The molecule has 0 aromatic heterocycles. The van der Waals surface area contributed by atoms with Crippen molar-refractivity contribution in [3.05, 3.63) is 0 Å². The Hall–Kier alpha value is -0.160. The van der Waals surface area contributed by atoms with E-state index in [-0.39, 0.29) is 12.4 Å². The van der Waals surface area contributed by atoms with Crippen molar-refractivity contribution in [2.24, 2.45) is 23.7 Å². The summed E-state index contributed by atoms with van der Waals surface area (Å²) < 4.78 is 11.9. The van der Waals surface area contributed by atoms with E-state index in [2.05, 4.69) is 6.92 Å². The summed E-state index contributed by atoms with van der Waals surface area (Å²) in [4.78, 5) is 0. The summed E-state index contributed by atoms with van der Waals surface area (Å²) >= 11 is 0. The van der Waals surface area contributed by atoms with Crippen LogP contribution in [0.25, 0.3) is 0 Å². The quantitative estimate of drug-likeness (QED) is 0.525. The van der Waals surface area contributed by atoms with Crippen molar-refractivity contribution < 1.29 is 19.7 Å². The molecule has 0 aromatic rings. The summed E-state index contributed by atoms with van der Waals surface area (Å²) in [5.74, 6) is 2.50.